The third-order valence-corrected chi connectivity index (χ3v) is 5.28. The summed E-state index contributed by atoms with van der Waals surface area (Å²) in [5.74, 6) is 0.884. The van der Waals surface area contributed by atoms with Crippen LogP contribution in [0.1, 0.15) is 34.0 Å². The van der Waals surface area contributed by atoms with Crippen molar-refractivity contribution in [2.75, 3.05) is 7.11 Å². The highest BCUT2D eigenvalue weighted by atomic mass is 32.1. The van der Waals surface area contributed by atoms with Gasteiger partial charge in [-0.15, -0.1) is 11.3 Å². The number of hydrogen-bond donors (Lipinski definition) is 1. The van der Waals surface area contributed by atoms with Gasteiger partial charge in [0.15, 0.2) is 0 Å². The fourth-order valence-corrected chi connectivity index (χ4v) is 3.62. The number of rotatable bonds is 7. The summed E-state index contributed by atoms with van der Waals surface area (Å²) in [6.07, 6.45) is 1.17. The van der Waals surface area contributed by atoms with Crippen molar-refractivity contribution in [3.05, 3.63) is 87.6 Å². The average Bonchev–Trinajstić information content (AvgIpc) is 3.20. The second kappa shape index (κ2) is 8.68. The van der Waals surface area contributed by atoms with Gasteiger partial charge in [-0.1, -0.05) is 48.0 Å². The summed E-state index contributed by atoms with van der Waals surface area (Å²) in [5, 5.41) is 5.24. The van der Waals surface area contributed by atoms with E-state index in [0.717, 1.165) is 21.8 Å². The monoisotopic (exact) mass is 365 g/mol. The fraction of sp³-hybridized carbons (Fsp3) is 0.227. The Hall–Kier alpha value is -2.59. The third-order valence-electron chi connectivity index (χ3n) is 4.34. The van der Waals surface area contributed by atoms with Crippen LogP contribution in [0.25, 0.3) is 0 Å². The smallest absolute Gasteiger partial charge is 0.221 e. The number of ether oxygens (including phenoxy) is 1. The Kier molecular flexibility index (Phi) is 6.08. The lowest BCUT2D eigenvalue weighted by Crippen LogP contribution is -2.29. The van der Waals surface area contributed by atoms with E-state index in [9.17, 15) is 4.79 Å². The number of nitrogens with one attached hydrogen (secondary N) is 1. The molecule has 0 saturated carbocycles. The lowest BCUT2D eigenvalue weighted by molar-refractivity contribution is -0.121. The van der Waals surface area contributed by atoms with Gasteiger partial charge in [-0.2, -0.15) is 0 Å². The summed E-state index contributed by atoms with van der Waals surface area (Å²) in [5.41, 5.74) is 3.45. The number of thiophene rings is 1. The van der Waals surface area contributed by atoms with E-state index in [1.54, 1.807) is 18.4 Å². The molecule has 0 unspecified atom stereocenters. The van der Waals surface area contributed by atoms with Crippen LogP contribution >= 0.6 is 11.3 Å². The van der Waals surface area contributed by atoms with E-state index < -0.39 is 0 Å². The summed E-state index contributed by atoms with van der Waals surface area (Å²) >= 11 is 1.66. The molecular formula is C22H23NO2S. The van der Waals surface area contributed by atoms with Crippen molar-refractivity contribution in [3.8, 4) is 5.75 Å². The number of methoxy groups -OCH3 is 1. The highest BCUT2D eigenvalue weighted by molar-refractivity contribution is 7.10. The van der Waals surface area contributed by atoms with Crippen LogP contribution in [0.15, 0.2) is 66.0 Å². The Balaban J connectivity index is 1.66. The molecule has 1 heterocycles. The molecule has 3 nitrogen and oxygen atoms in total. The molecule has 3 aromatic rings. The van der Waals surface area contributed by atoms with Gasteiger partial charge >= 0.3 is 0 Å². The van der Waals surface area contributed by atoms with Crippen molar-refractivity contribution in [1.29, 1.82) is 0 Å². The molecule has 1 atom stereocenters. The Bertz CT molecular complexity index is 824. The van der Waals surface area contributed by atoms with E-state index in [2.05, 4.69) is 42.6 Å². The third kappa shape index (κ3) is 4.73. The molecule has 2 aromatic carbocycles. The van der Waals surface area contributed by atoms with Crippen LogP contribution in [-0.4, -0.2) is 13.0 Å². The minimum absolute atomic E-state index is 0.0554. The van der Waals surface area contributed by atoms with Crippen LogP contribution in [0, 0.1) is 6.92 Å². The molecule has 0 saturated heterocycles. The van der Waals surface area contributed by atoms with E-state index in [0.29, 0.717) is 12.8 Å². The molecule has 134 valence electrons. The second-order valence-electron chi connectivity index (χ2n) is 6.27. The molecule has 1 aromatic heterocycles. The van der Waals surface area contributed by atoms with E-state index in [-0.39, 0.29) is 11.9 Å². The second-order valence-corrected chi connectivity index (χ2v) is 7.25. The van der Waals surface area contributed by atoms with Gasteiger partial charge < -0.3 is 10.1 Å². The van der Waals surface area contributed by atoms with Crippen molar-refractivity contribution in [1.82, 2.24) is 5.32 Å². The van der Waals surface area contributed by atoms with Gasteiger partial charge in [0.25, 0.3) is 0 Å². The van der Waals surface area contributed by atoms with Crippen molar-refractivity contribution in [2.45, 2.75) is 25.8 Å². The lowest BCUT2D eigenvalue weighted by Gasteiger charge is -2.18. The first-order chi connectivity index (χ1) is 12.7. The Morgan fingerprint density at radius 3 is 2.42 bits per heavy atom. The number of carbonyl (C=O) groups is 1. The first-order valence-electron chi connectivity index (χ1n) is 8.68. The summed E-state index contributed by atoms with van der Waals surface area (Å²) < 4.78 is 5.17. The molecule has 1 amide bonds. The van der Waals surface area contributed by atoms with Gasteiger partial charge in [-0.3, -0.25) is 4.79 Å². The van der Waals surface area contributed by atoms with Gasteiger partial charge in [0, 0.05) is 11.3 Å². The highest BCUT2D eigenvalue weighted by Gasteiger charge is 2.17. The first-order valence-corrected chi connectivity index (χ1v) is 9.56. The minimum Gasteiger partial charge on any atom is -0.497 e. The zero-order valence-corrected chi connectivity index (χ0v) is 15.9. The predicted molar refractivity (Wildman–Crippen MR) is 107 cm³/mol. The number of carbonyl (C=O) groups excluding carboxylic acids is 1. The zero-order valence-electron chi connectivity index (χ0n) is 15.1. The minimum atomic E-state index is -0.0982. The van der Waals surface area contributed by atoms with Crippen LogP contribution < -0.4 is 10.1 Å². The largest absolute Gasteiger partial charge is 0.497 e. The van der Waals surface area contributed by atoms with Crippen LogP contribution in [-0.2, 0) is 11.2 Å². The Labute approximate surface area is 158 Å². The molecule has 0 radical (unpaired) electrons. The van der Waals surface area contributed by atoms with Gasteiger partial charge in [0.2, 0.25) is 5.91 Å². The average molecular weight is 365 g/mol. The molecule has 3 rings (SSSR count). The number of aryl methyl sites for hydroxylation is 2. The van der Waals surface area contributed by atoms with Crippen LogP contribution in [0.5, 0.6) is 5.75 Å². The zero-order chi connectivity index (χ0) is 18.4. The number of hydrogen-bond acceptors (Lipinski definition) is 3. The maximum Gasteiger partial charge on any atom is 0.221 e. The molecule has 1 N–H and O–H groups in total. The first kappa shape index (κ1) is 18.2. The number of benzene rings is 2. The maximum atomic E-state index is 12.6. The Morgan fingerprint density at radius 2 is 1.81 bits per heavy atom. The molecule has 0 fully saturated rings. The van der Waals surface area contributed by atoms with Crippen molar-refractivity contribution in [3.63, 3.8) is 0 Å². The van der Waals surface area contributed by atoms with Crippen LogP contribution in [0.2, 0.25) is 0 Å². The van der Waals surface area contributed by atoms with Crippen molar-refractivity contribution in [2.24, 2.45) is 0 Å². The lowest BCUT2D eigenvalue weighted by atomic mass is 10.0. The molecule has 0 bridgehead atoms. The van der Waals surface area contributed by atoms with E-state index in [4.69, 9.17) is 4.74 Å². The standard InChI is InChI=1S/C22H23NO2S/c1-16-5-10-18(11-6-16)22(20-4-3-15-26-20)23-21(24)14-9-17-7-12-19(25-2)13-8-17/h3-8,10-13,15,22H,9,14H2,1-2H3,(H,23,24)/t22-/m0/s1. The summed E-state index contributed by atoms with van der Waals surface area (Å²) in [6.45, 7) is 2.07. The topological polar surface area (TPSA) is 38.3 Å². The summed E-state index contributed by atoms with van der Waals surface area (Å²) in [6, 6.07) is 20.2. The van der Waals surface area contributed by atoms with E-state index in [1.165, 1.54) is 5.56 Å². The molecule has 4 heteroatoms. The molecule has 0 aliphatic carbocycles. The van der Waals surface area contributed by atoms with Crippen LogP contribution in [0.4, 0.5) is 0 Å². The van der Waals surface area contributed by atoms with Crippen molar-refractivity contribution < 1.29 is 9.53 Å². The van der Waals surface area contributed by atoms with E-state index >= 15 is 0 Å². The van der Waals surface area contributed by atoms with Gasteiger partial charge in [-0.25, -0.2) is 0 Å². The highest BCUT2D eigenvalue weighted by Crippen LogP contribution is 2.26. The van der Waals surface area contributed by atoms with E-state index in [1.807, 2.05) is 35.7 Å². The molecule has 0 aliphatic rings. The number of amides is 1. The molecule has 0 aliphatic heterocycles. The maximum absolute atomic E-state index is 12.6. The summed E-state index contributed by atoms with van der Waals surface area (Å²) in [7, 11) is 1.65. The fourth-order valence-electron chi connectivity index (χ4n) is 2.82. The van der Waals surface area contributed by atoms with Gasteiger partial charge in [0.1, 0.15) is 5.75 Å². The molecule has 26 heavy (non-hydrogen) atoms. The van der Waals surface area contributed by atoms with Crippen LogP contribution in [0.3, 0.4) is 0 Å². The van der Waals surface area contributed by atoms with Gasteiger partial charge in [-0.05, 0) is 48.1 Å². The predicted octanol–water partition coefficient (Wildman–Crippen LogP) is 4.90. The molecular weight excluding hydrogens is 342 g/mol. The molecule has 0 spiro atoms. The van der Waals surface area contributed by atoms with Crippen molar-refractivity contribution >= 4 is 17.2 Å². The van der Waals surface area contributed by atoms with Gasteiger partial charge in [0.05, 0.1) is 13.2 Å². The SMILES string of the molecule is COc1ccc(CCC(=O)N[C@@H](c2ccc(C)cc2)c2cccs2)cc1. The normalized spacial score (nSPS) is 11.8. The Morgan fingerprint density at radius 1 is 1.08 bits per heavy atom. The quantitative estimate of drug-likeness (QED) is 0.646. The summed E-state index contributed by atoms with van der Waals surface area (Å²) in [4.78, 5) is 13.7.